The van der Waals surface area contributed by atoms with Crippen molar-refractivity contribution in [1.82, 2.24) is 25.4 Å². The van der Waals surface area contributed by atoms with E-state index in [-0.39, 0.29) is 11.9 Å². The molecule has 0 spiro atoms. The van der Waals surface area contributed by atoms with Gasteiger partial charge in [-0.25, -0.2) is 14.1 Å². The fourth-order valence-corrected chi connectivity index (χ4v) is 3.65. The summed E-state index contributed by atoms with van der Waals surface area (Å²) < 4.78 is 21.4. The summed E-state index contributed by atoms with van der Waals surface area (Å²) in [6.45, 7) is 7.39. The van der Waals surface area contributed by atoms with E-state index < -0.39 is 0 Å². The molecule has 4 rings (SSSR count). The van der Waals surface area contributed by atoms with E-state index in [0.717, 1.165) is 47.7 Å². The van der Waals surface area contributed by atoms with Crippen molar-refractivity contribution in [2.45, 2.75) is 58.7 Å². The Kier molecular flexibility index (Phi) is 5.25. The van der Waals surface area contributed by atoms with Gasteiger partial charge >= 0.3 is 0 Å². The van der Waals surface area contributed by atoms with Gasteiger partial charge in [0.1, 0.15) is 23.0 Å². The van der Waals surface area contributed by atoms with E-state index in [2.05, 4.69) is 39.6 Å². The van der Waals surface area contributed by atoms with Crippen LogP contribution in [-0.2, 0) is 19.5 Å². The van der Waals surface area contributed by atoms with Crippen molar-refractivity contribution in [1.29, 1.82) is 0 Å². The van der Waals surface area contributed by atoms with Gasteiger partial charge in [0.25, 0.3) is 0 Å². The van der Waals surface area contributed by atoms with E-state index in [1.165, 1.54) is 12.1 Å². The quantitative estimate of drug-likeness (QED) is 0.521. The van der Waals surface area contributed by atoms with Gasteiger partial charge in [-0.15, -0.1) is 0 Å². The highest BCUT2D eigenvalue weighted by atomic mass is 19.1. The van der Waals surface area contributed by atoms with Crippen LogP contribution in [0.1, 0.15) is 49.2 Å². The lowest BCUT2D eigenvalue weighted by Gasteiger charge is -2.25. The number of rotatable bonds is 4. The van der Waals surface area contributed by atoms with Crippen LogP contribution in [-0.4, -0.2) is 33.8 Å². The number of fused-ring (bicyclic) bond motifs is 2. The van der Waals surface area contributed by atoms with E-state index in [9.17, 15) is 4.39 Å². The van der Waals surface area contributed by atoms with Gasteiger partial charge < -0.3 is 15.1 Å². The van der Waals surface area contributed by atoms with Crippen LogP contribution < -0.4 is 10.6 Å². The highest BCUT2D eigenvalue weighted by molar-refractivity contribution is 5.83. The number of aliphatic imine (C=N–C) groups is 1. The second-order valence-electron chi connectivity index (χ2n) is 7.82. The summed E-state index contributed by atoms with van der Waals surface area (Å²) in [7, 11) is 1.75. The molecule has 0 fully saturated rings. The first-order valence-corrected chi connectivity index (χ1v) is 10.0. The van der Waals surface area contributed by atoms with Crippen molar-refractivity contribution < 1.29 is 8.81 Å². The molecule has 1 aliphatic heterocycles. The molecule has 0 amide bonds. The van der Waals surface area contributed by atoms with Gasteiger partial charge in [-0.1, -0.05) is 13.8 Å². The highest BCUT2D eigenvalue weighted by Crippen LogP contribution is 2.26. The second kappa shape index (κ2) is 7.85. The lowest BCUT2D eigenvalue weighted by Crippen LogP contribution is -2.46. The normalized spacial score (nSPS) is 17.0. The van der Waals surface area contributed by atoms with Gasteiger partial charge in [-0.05, 0) is 31.5 Å². The third-order valence-electron chi connectivity index (χ3n) is 5.37. The Labute approximate surface area is 169 Å². The molecule has 154 valence electrons. The molecule has 8 heteroatoms. The van der Waals surface area contributed by atoms with Crippen LogP contribution in [0, 0.1) is 12.7 Å². The fraction of sp³-hybridized carbons (Fsp3) is 0.476. The summed E-state index contributed by atoms with van der Waals surface area (Å²) in [6.07, 6.45) is 1.86. The smallest absolute Gasteiger partial charge is 0.191 e. The summed E-state index contributed by atoms with van der Waals surface area (Å²) in [5.41, 5.74) is 1.63. The lowest BCUT2D eigenvalue weighted by atomic mass is 10.1. The monoisotopic (exact) mass is 398 g/mol. The fourth-order valence-electron chi connectivity index (χ4n) is 3.65. The van der Waals surface area contributed by atoms with E-state index in [1.54, 1.807) is 13.1 Å². The minimum Gasteiger partial charge on any atom is -0.459 e. The Morgan fingerprint density at radius 2 is 2.24 bits per heavy atom. The number of aryl methyl sites for hydroxylation is 2. The largest absolute Gasteiger partial charge is 0.459 e. The zero-order valence-corrected chi connectivity index (χ0v) is 17.3. The molecule has 3 aromatic rings. The minimum absolute atomic E-state index is 0.223. The van der Waals surface area contributed by atoms with Crippen LogP contribution in [0.3, 0.4) is 0 Å². The number of hydrogen-bond donors (Lipinski definition) is 2. The van der Waals surface area contributed by atoms with E-state index in [4.69, 9.17) is 4.42 Å². The second-order valence-corrected chi connectivity index (χ2v) is 7.82. The molecule has 1 aliphatic rings. The average Bonchev–Trinajstić information content (AvgIpc) is 3.26. The van der Waals surface area contributed by atoms with Crippen molar-refractivity contribution in [3.05, 3.63) is 47.0 Å². The van der Waals surface area contributed by atoms with Crippen molar-refractivity contribution in [2.75, 3.05) is 7.05 Å². The Balaban J connectivity index is 1.40. The van der Waals surface area contributed by atoms with Gasteiger partial charge in [0.2, 0.25) is 0 Å². The average molecular weight is 398 g/mol. The molecular weight excluding hydrogens is 371 g/mol. The number of halogens is 1. The summed E-state index contributed by atoms with van der Waals surface area (Å²) in [5.74, 6) is 3.50. The summed E-state index contributed by atoms with van der Waals surface area (Å²) in [6, 6.07) is 4.81. The van der Waals surface area contributed by atoms with Crippen LogP contribution in [0.25, 0.3) is 11.0 Å². The molecule has 29 heavy (non-hydrogen) atoms. The first-order valence-electron chi connectivity index (χ1n) is 10.0. The molecule has 1 unspecified atom stereocenters. The number of hydrogen-bond acceptors (Lipinski definition) is 4. The number of guanidine groups is 1. The lowest BCUT2D eigenvalue weighted by molar-refractivity contribution is 0.391. The number of benzene rings is 1. The van der Waals surface area contributed by atoms with Crippen molar-refractivity contribution in [3.63, 3.8) is 0 Å². The number of furan rings is 1. The van der Waals surface area contributed by atoms with Crippen molar-refractivity contribution in [2.24, 2.45) is 4.99 Å². The molecule has 0 bridgehead atoms. The third-order valence-corrected chi connectivity index (χ3v) is 5.37. The maximum absolute atomic E-state index is 13.5. The van der Waals surface area contributed by atoms with E-state index in [0.29, 0.717) is 24.0 Å². The maximum atomic E-state index is 13.5. The highest BCUT2D eigenvalue weighted by Gasteiger charge is 2.23. The zero-order chi connectivity index (χ0) is 20.5. The molecule has 1 atom stereocenters. The molecular formula is C21H27FN6O. The Bertz CT molecular complexity index is 1050. The van der Waals surface area contributed by atoms with Gasteiger partial charge in [0.05, 0.1) is 13.1 Å². The molecule has 3 heterocycles. The van der Waals surface area contributed by atoms with Crippen molar-refractivity contribution in [3.8, 4) is 0 Å². The maximum Gasteiger partial charge on any atom is 0.191 e. The number of nitrogens with one attached hydrogen (secondary N) is 2. The first-order chi connectivity index (χ1) is 13.9. The number of aromatic nitrogens is 3. The summed E-state index contributed by atoms with van der Waals surface area (Å²) in [5, 5.41) is 12.2. The van der Waals surface area contributed by atoms with Crippen LogP contribution in [0.15, 0.2) is 27.6 Å². The van der Waals surface area contributed by atoms with Gasteiger partial charge in [0.15, 0.2) is 11.8 Å². The molecule has 0 radical (unpaired) electrons. The third kappa shape index (κ3) is 3.97. The van der Waals surface area contributed by atoms with Crippen LogP contribution in [0.5, 0.6) is 0 Å². The molecule has 7 nitrogen and oxygen atoms in total. The SMILES string of the molecule is CN=C(NCc1oc2ccc(F)cc2c1C)NC1CCc2nc(C(C)C)nn2C1. The van der Waals surface area contributed by atoms with Gasteiger partial charge in [0, 0.05) is 36.4 Å². The molecule has 2 aromatic heterocycles. The first kappa shape index (κ1) is 19.4. The Hall–Kier alpha value is -2.90. The molecule has 2 N–H and O–H groups in total. The Morgan fingerprint density at radius 3 is 3.00 bits per heavy atom. The van der Waals surface area contributed by atoms with E-state index >= 15 is 0 Å². The zero-order valence-electron chi connectivity index (χ0n) is 17.3. The molecule has 0 saturated carbocycles. The molecule has 0 saturated heterocycles. The van der Waals surface area contributed by atoms with Gasteiger partial charge in [-0.2, -0.15) is 5.10 Å². The minimum atomic E-state index is -0.260. The molecule has 1 aromatic carbocycles. The standard InChI is InChI=1S/C21H27FN6O/c1-12(2)20-26-19-8-6-15(11-28(19)27-20)25-21(23-4)24-10-18-13(3)16-9-14(22)5-7-17(16)29-18/h5,7,9,12,15H,6,8,10-11H2,1-4H3,(H2,23,24,25). The molecule has 0 aliphatic carbocycles. The van der Waals surface area contributed by atoms with Gasteiger partial charge in [-0.3, -0.25) is 4.99 Å². The van der Waals surface area contributed by atoms with Crippen LogP contribution >= 0.6 is 0 Å². The summed E-state index contributed by atoms with van der Waals surface area (Å²) >= 11 is 0. The Morgan fingerprint density at radius 1 is 1.41 bits per heavy atom. The number of nitrogens with zero attached hydrogens (tertiary/aromatic N) is 4. The van der Waals surface area contributed by atoms with Crippen LogP contribution in [0.2, 0.25) is 0 Å². The summed E-state index contributed by atoms with van der Waals surface area (Å²) in [4.78, 5) is 8.97. The van der Waals surface area contributed by atoms with E-state index in [1.807, 2.05) is 11.6 Å². The van der Waals surface area contributed by atoms with Crippen molar-refractivity contribution >= 4 is 16.9 Å². The van der Waals surface area contributed by atoms with Crippen LogP contribution in [0.4, 0.5) is 4.39 Å². The predicted octanol–water partition coefficient (Wildman–Crippen LogP) is 3.28. The predicted molar refractivity (Wildman–Crippen MR) is 110 cm³/mol. The topological polar surface area (TPSA) is 80.3 Å².